The maximum atomic E-state index is 14.6. The van der Waals surface area contributed by atoms with Gasteiger partial charge in [0.2, 0.25) is 5.88 Å². The highest BCUT2D eigenvalue weighted by Gasteiger charge is 2.54. The van der Waals surface area contributed by atoms with Gasteiger partial charge in [0.15, 0.2) is 0 Å². The predicted octanol–water partition coefficient (Wildman–Crippen LogP) is 5.01. The lowest BCUT2D eigenvalue weighted by Gasteiger charge is -2.52. The molecular formula is C26H22ClFN4O5. The zero-order chi connectivity index (χ0) is 26.3. The fourth-order valence-corrected chi connectivity index (χ4v) is 5.16. The van der Waals surface area contributed by atoms with E-state index in [9.17, 15) is 24.1 Å². The van der Waals surface area contributed by atoms with E-state index < -0.39 is 22.2 Å². The Kier molecular flexibility index (Phi) is 6.28. The van der Waals surface area contributed by atoms with Crippen LogP contribution < -0.4 is 4.74 Å². The molecule has 9 nitrogen and oxygen atoms in total. The normalized spacial score (nSPS) is 16.0. The summed E-state index contributed by atoms with van der Waals surface area (Å²) in [5.41, 5.74) is -0.739. The average molecular weight is 525 g/mol. The molecule has 1 spiro atoms. The Hall–Kier alpha value is -4.05. The molecule has 37 heavy (non-hydrogen) atoms. The van der Waals surface area contributed by atoms with Crippen LogP contribution in [-0.2, 0) is 0 Å². The Morgan fingerprint density at radius 1 is 1.11 bits per heavy atom. The number of nitrogens with zero attached hydrogens (tertiary/aromatic N) is 4. The van der Waals surface area contributed by atoms with Gasteiger partial charge in [0.1, 0.15) is 11.6 Å². The number of nitro benzene ring substituents is 1. The molecule has 3 heterocycles. The van der Waals surface area contributed by atoms with Crippen LogP contribution in [-0.4, -0.2) is 56.7 Å². The summed E-state index contributed by atoms with van der Waals surface area (Å²) >= 11 is 5.83. The number of rotatable bonds is 5. The van der Waals surface area contributed by atoms with E-state index in [0.29, 0.717) is 54.7 Å². The lowest BCUT2D eigenvalue weighted by molar-refractivity contribution is -0.385. The molecule has 2 fully saturated rings. The first-order valence-corrected chi connectivity index (χ1v) is 12.0. The Morgan fingerprint density at radius 2 is 1.84 bits per heavy atom. The van der Waals surface area contributed by atoms with E-state index in [2.05, 4.69) is 4.98 Å². The van der Waals surface area contributed by atoms with Crippen LogP contribution in [0.3, 0.4) is 0 Å². The van der Waals surface area contributed by atoms with Crippen LogP contribution in [0.2, 0.25) is 5.02 Å². The van der Waals surface area contributed by atoms with Crippen LogP contribution >= 0.6 is 11.6 Å². The van der Waals surface area contributed by atoms with Crippen LogP contribution in [0.1, 0.15) is 39.1 Å². The molecule has 0 bridgehead atoms. The molecule has 2 aromatic carbocycles. The zero-order valence-electron chi connectivity index (χ0n) is 19.8. The number of benzene rings is 2. The van der Waals surface area contributed by atoms with Gasteiger partial charge in [-0.3, -0.25) is 19.7 Å². The second-order valence-corrected chi connectivity index (χ2v) is 9.65. The van der Waals surface area contributed by atoms with Crippen LogP contribution in [0.25, 0.3) is 0 Å². The Bertz CT molecular complexity index is 1390. The van der Waals surface area contributed by atoms with Crippen LogP contribution in [0.4, 0.5) is 10.1 Å². The van der Waals surface area contributed by atoms with Gasteiger partial charge in [0.05, 0.1) is 21.0 Å². The number of carbonyl (C=O) groups excluding carboxylic acids is 2. The van der Waals surface area contributed by atoms with Crippen molar-refractivity contribution in [3.8, 4) is 11.6 Å². The van der Waals surface area contributed by atoms with Gasteiger partial charge in [-0.05, 0) is 56.2 Å². The Labute approximate surface area is 216 Å². The number of nitro groups is 1. The molecule has 0 atom stereocenters. The number of aromatic nitrogens is 1. The summed E-state index contributed by atoms with van der Waals surface area (Å²) in [6, 6.07) is 11.9. The third-order valence-corrected chi connectivity index (χ3v) is 7.14. The number of hydrogen-bond acceptors (Lipinski definition) is 6. The van der Waals surface area contributed by atoms with E-state index in [-0.39, 0.29) is 22.7 Å². The first-order valence-electron chi connectivity index (χ1n) is 11.6. The summed E-state index contributed by atoms with van der Waals surface area (Å²) in [5, 5.41) is 11.8. The molecular weight excluding hydrogens is 503 g/mol. The molecule has 190 valence electrons. The maximum Gasteiger partial charge on any atom is 0.273 e. The lowest BCUT2D eigenvalue weighted by atomic mass is 9.85. The molecule has 0 radical (unpaired) electrons. The highest BCUT2D eigenvalue weighted by atomic mass is 35.5. The molecule has 3 aromatic rings. The summed E-state index contributed by atoms with van der Waals surface area (Å²) in [6.07, 6.45) is 2.84. The number of pyridine rings is 1. The van der Waals surface area contributed by atoms with Crippen molar-refractivity contribution in [2.24, 2.45) is 0 Å². The number of hydrogen-bond donors (Lipinski definition) is 0. The first-order chi connectivity index (χ1) is 17.7. The van der Waals surface area contributed by atoms with E-state index >= 15 is 0 Å². The minimum Gasteiger partial charge on any atom is -0.439 e. The summed E-state index contributed by atoms with van der Waals surface area (Å²) in [7, 11) is 0. The molecule has 2 aliphatic heterocycles. The van der Waals surface area contributed by atoms with Crippen molar-refractivity contribution in [3.05, 3.63) is 92.4 Å². The molecule has 0 unspecified atom stereocenters. The fourth-order valence-electron chi connectivity index (χ4n) is 5.05. The largest absolute Gasteiger partial charge is 0.439 e. The zero-order valence-corrected chi connectivity index (χ0v) is 20.6. The van der Waals surface area contributed by atoms with Gasteiger partial charge in [-0.2, -0.15) is 0 Å². The quantitative estimate of drug-likeness (QED) is 0.343. The Morgan fingerprint density at radius 3 is 2.49 bits per heavy atom. The summed E-state index contributed by atoms with van der Waals surface area (Å²) in [4.78, 5) is 44.4. The van der Waals surface area contributed by atoms with Crippen molar-refractivity contribution >= 4 is 29.1 Å². The topological polar surface area (TPSA) is 106 Å². The first kappa shape index (κ1) is 24.6. The van der Waals surface area contributed by atoms with E-state index in [4.69, 9.17) is 16.3 Å². The van der Waals surface area contributed by atoms with Crippen molar-refractivity contribution in [2.75, 3.05) is 19.6 Å². The minimum atomic E-state index is -0.793. The summed E-state index contributed by atoms with van der Waals surface area (Å²) in [5.74, 6) is -0.694. The Balaban J connectivity index is 1.27. The lowest BCUT2D eigenvalue weighted by Crippen LogP contribution is -2.70. The summed E-state index contributed by atoms with van der Waals surface area (Å²) < 4.78 is 20.3. The molecule has 2 aliphatic rings. The molecule has 0 aliphatic carbocycles. The van der Waals surface area contributed by atoms with Gasteiger partial charge in [0.25, 0.3) is 17.5 Å². The van der Waals surface area contributed by atoms with E-state index in [1.165, 1.54) is 13.1 Å². The molecule has 2 saturated heterocycles. The molecule has 2 amide bonds. The van der Waals surface area contributed by atoms with Crippen molar-refractivity contribution in [1.82, 2.24) is 14.8 Å². The third-order valence-electron chi connectivity index (χ3n) is 6.92. The highest BCUT2D eigenvalue weighted by molar-refractivity contribution is 6.30. The van der Waals surface area contributed by atoms with Crippen molar-refractivity contribution in [1.29, 1.82) is 0 Å². The van der Waals surface area contributed by atoms with Gasteiger partial charge >= 0.3 is 0 Å². The highest BCUT2D eigenvalue weighted by Crippen LogP contribution is 2.40. The van der Waals surface area contributed by atoms with E-state index in [1.54, 1.807) is 46.2 Å². The SMILES string of the molecule is Cc1c([N+](=O)[O-])ccc(F)c1C(=O)N1CCCC12CN(C(=O)c1ccc(Oc3ccc(Cl)cn3)cc1)C2. The molecule has 0 saturated carbocycles. The monoisotopic (exact) mass is 524 g/mol. The van der Waals surface area contributed by atoms with Crippen LogP contribution in [0, 0.1) is 22.9 Å². The van der Waals surface area contributed by atoms with Gasteiger partial charge < -0.3 is 14.5 Å². The predicted molar refractivity (Wildman–Crippen MR) is 132 cm³/mol. The van der Waals surface area contributed by atoms with Gasteiger partial charge in [-0.25, -0.2) is 9.37 Å². The van der Waals surface area contributed by atoms with Gasteiger partial charge in [0, 0.05) is 49.1 Å². The van der Waals surface area contributed by atoms with Crippen molar-refractivity contribution in [3.63, 3.8) is 0 Å². The van der Waals surface area contributed by atoms with E-state index in [0.717, 1.165) is 12.1 Å². The second kappa shape index (κ2) is 9.44. The maximum absolute atomic E-state index is 14.6. The smallest absolute Gasteiger partial charge is 0.273 e. The van der Waals surface area contributed by atoms with Crippen LogP contribution in [0.5, 0.6) is 11.6 Å². The third kappa shape index (κ3) is 4.48. The number of ether oxygens (including phenoxy) is 1. The number of carbonyl (C=O) groups is 2. The van der Waals surface area contributed by atoms with Gasteiger partial charge in [-0.1, -0.05) is 11.6 Å². The molecule has 1 aromatic heterocycles. The number of amides is 2. The molecule has 11 heteroatoms. The standard InChI is InChI=1S/C26H22ClFN4O5/c1-16-21(32(35)36)9-8-20(28)23(16)25(34)31-12-2-11-26(31)14-30(15-26)24(33)17-3-6-19(7-4-17)37-22-10-5-18(27)13-29-22/h3-10,13H,2,11-12,14-15H2,1H3. The fraction of sp³-hybridized carbons (Fsp3) is 0.269. The number of halogens is 2. The van der Waals surface area contributed by atoms with Crippen molar-refractivity contribution < 1.29 is 23.6 Å². The average Bonchev–Trinajstić information content (AvgIpc) is 3.30. The molecule has 0 N–H and O–H groups in total. The van der Waals surface area contributed by atoms with E-state index in [1.807, 2.05) is 0 Å². The van der Waals surface area contributed by atoms with Crippen molar-refractivity contribution in [2.45, 2.75) is 25.3 Å². The number of likely N-dealkylation sites (tertiary alicyclic amines) is 2. The summed E-state index contributed by atoms with van der Waals surface area (Å²) in [6.45, 7) is 2.39. The minimum absolute atomic E-state index is 0.000384. The molecule has 5 rings (SSSR count). The second-order valence-electron chi connectivity index (χ2n) is 9.21. The van der Waals surface area contributed by atoms with Crippen LogP contribution in [0.15, 0.2) is 54.7 Å². The van der Waals surface area contributed by atoms with Gasteiger partial charge in [-0.15, -0.1) is 0 Å².